The van der Waals surface area contributed by atoms with Crippen molar-refractivity contribution in [1.82, 2.24) is 0 Å². The molecule has 0 radical (unpaired) electrons. The average molecular weight is 351 g/mol. The molecule has 0 fully saturated rings. The minimum Gasteiger partial charge on any atom is -0.546 e. The van der Waals surface area contributed by atoms with Gasteiger partial charge in [-0.15, -0.1) is 0 Å². The normalized spacial score (nSPS) is 13.5. The number of hydrogen-bond donors (Lipinski definition) is 0. The Morgan fingerprint density at radius 2 is 1.41 bits per heavy atom. The van der Waals surface area contributed by atoms with Crippen molar-refractivity contribution in [3.63, 3.8) is 0 Å². The Balaban J connectivity index is 0. The van der Waals surface area contributed by atoms with Crippen molar-refractivity contribution in [3.05, 3.63) is 0 Å². The molecule has 0 aliphatic heterocycles. The van der Waals surface area contributed by atoms with Crippen molar-refractivity contribution in [2.75, 3.05) is 19.8 Å². The number of ketones is 1. The van der Waals surface area contributed by atoms with Crippen LogP contribution in [0.25, 0.3) is 0 Å². The molecule has 0 rings (SSSR count). The molecule has 0 aromatic carbocycles. The molecule has 0 N–H and O–H groups in total. The fourth-order valence-electron chi connectivity index (χ4n) is 1.77. The molecule has 0 spiro atoms. The van der Waals surface area contributed by atoms with Crippen molar-refractivity contribution >= 4 is 11.8 Å². The number of ether oxygens (including phenoxy) is 3. The fourth-order valence-corrected chi connectivity index (χ4v) is 1.77. The second kappa shape index (κ2) is 13.2. The molecule has 0 aliphatic carbocycles. The zero-order valence-electron chi connectivity index (χ0n) is 14.0. The van der Waals surface area contributed by atoms with E-state index in [1.807, 2.05) is 20.8 Å². The van der Waals surface area contributed by atoms with Gasteiger partial charge in [-0.25, -0.2) is 0 Å². The zero-order valence-corrected chi connectivity index (χ0v) is 15.5. The summed E-state index contributed by atoms with van der Waals surface area (Å²) in [7, 11) is 0. The number of carbonyl (C=O) groups is 2. The summed E-state index contributed by atoms with van der Waals surface area (Å²) in [5, 5.41) is 11.5. The number of hydrogen-bond acceptors (Lipinski definition) is 6. The Hall–Kier alpha value is -0.266. The molecule has 0 aromatic heterocycles. The van der Waals surface area contributed by atoms with Gasteiger partial charge in [-0.05, 0) is 25.7 Å². The molecule has 0 bridgehead atoms. The van der Waals surface area contributed by atoms with Crippen molar-refractivity contribution in [1.29, 1.82) is 0 Å². The number of carboxylic acid groups (broad SMARTS) is 1. The summed E-state index contributed by atoms with van der Waals surface area (Å²) in [6, 6.07) is 0. The van der Waals surface area contributed by atoms with E-state index in [9.17, 15) is 14.7 Å². The third kappa shape index (κ3) is 6.88. The molecule has 0 saturated heterocycles. The van der Waals surface area contributed by atoms with E-state index >= 15 is 0 Å². The summed E-state index contributed by atoms with van der Waals surface area (Å²) in [6.45, 7) is 7.95. The molecule has 22 heavy (non-hydrogen) atoms. The summed E-state index contributed by atoms with van der Waals surface area (Å²) < 4.78 is 16.0. The predicted molar refractivity (Wildman–Crippen MR) is 75.6 cm³/mol. The van der Waals surface area contributed by atoms with Crippen LogP contribution in [0.2, 0.25) is 0 Å². The standard InChI is InChI=1S/C15H28O6.Ti/c1-5-9-19-13(20-10-6-2)12(16)15(8-4,14(17)18)21-11-7-3;/h13H,5-11H2,1-4H3,(H,17,18);/p-1. The monoisotopic (exact) mass is 351 g/mol. The van der Waals surface area contributed by atoms with E-state index in [4.69, 9.17) is 14.2 Å². The van der Waals surface area contributed by atoms with Crippen LogP contribution < -0.4 is 5.11 Å². The summed E-state index contributed by atoms with van der Waals surface area (Å²) in [4.78, 5) is 24.0. The first-order valence-corrected chi connectivity index (χ1v) is 7.62. The first-order valence-electron chi connectivity index (χ1n) is 7.62. The van der Waals surface area contributed by atoms with Crippen LogP contribution in [0.3, 0.4) is 0 Å². The molecular weight excluding hydrogens is 324 g/mol. The van der Waals surface area contributed by atoms with E-state index in [2.05, 4.69) is 0 Å². The minimum atomic E-state index is -2.01. The molecular formula is C15H27O6Ti-. The van der Waals surface area contributed by atoms with Crippen LogP contribution in [0.15, 0.2) is 0 Å². The Morgan fingerprint density at radius 3 is 1.73 bits per heavy atom. The summed E-state index contributed by atoms with van der Waals surface area (Å²) in [5.74, 6) is -2.28. The molecule has 7 heteroatoms. The van der Waals surface area contributed by atoms with Gasteiger partial charge in [-0.1, -0.05) is 27.7 Å². The predicted octanol–water partition coefficient (Wildman–Crippen LogP) is 1.06. The van der Waals surface area contributed by atoms with Crippen LogP contribution >= 0.6 is 0 Å². The minimum absolute atomic E-state index is 0. The molecule has 1 unspecified atom stereocenters. The molecule has 0 aliphatic rings. The van der Waals surface area contributed by atoms with E-state index in [0.717, 1.165) is 0 Å². The fraction of sp³-hybridized carbons (Fsp3) is 0.867. The average Bonchev–Trinajstić information content (AvgIpc) is 2.48. The second-order valence-electron chi connectivity index (χ2n) is 4.75. The van der Waals surface area contributed by atoms with Gasteiger partial charge in [0.15, 0.2) is 5.60 Å². The van der Waals surface area contributed by atoms with Crippen LogP contribution in [0.1, 0.15) is 53.4 Å². The van der Waals surface area contributed by atoms with Crippen LogP contribution in [-0.2, 0) is 45.5 Å². The van der Waals surface area contributed by atoms with Gasteiger partial charge in [-0.3, -0.25) is 4.79 Å². The molecule has 0 saturated carbocycles. The summed E-state index contributed by atoms with van der Waals surface area (Å²) in [6.07, 6.45) is 0.715. The number of aliphatic carboxylic acids is 1. The van der Waals surface area contributed by atoms with E-state index < -0.39 is 23.6 Å². The van der Waals surface area contributed by atoms with Crippen molar-refractivity contribution < 1.29 is 50.6 Å². The third-order valence-electron chi connectivity index (χ3n) is 2.94. The molecule has 0 heterocycles. The number of carboxylic acids is 1. The number of rotatable bonds is 13. The quantitative estimate of drug-likeness (QED) is 0.280. The molecule has 0 aromatic rings. The van der Waals surface area contributed by atoms with E-state index in [1.165, 1.54) is 0 Å². The van der Waals surface area contributed by atoms with Gasteiger partial charge in [-0.2, -0.15) is 0 Å². The molecule has 6 nitrogen and oxygen atoms in total. The molecule has 1 atom stereocenters. The van der Waals surface area contributed by atoms with Crippen LogP contribution in [0.4, 0.5) is 0 Å². The van der Waals surface area contributed by atoms with E-state index in [1.54, 1.807) is 6.92 Å². The maximum atomic E-state index is 12.6. The van der Waals surface area contributed by atoms with Gasteiger partial charge in [0.1, 0.15) is 0 Å². The van der Waals surface area contributed by atoms with Gasteiger partial charge in [0, 0.05) is 41.5 Å². The van der Waals surface area contributed by atoms with E-state index in [-0.39, 0.29) is 34.7 Å². The number of carbonyl (C=O) groups excluding carboxylic acids is 2. The van der Waals surface area contributed by atoms with Crippen LogP contribution in [0.5, 0.6) is 0 Å². The largest absolute Gasteiger partial charge is 0.546 e. The Kier molecular flexibility index (Phi) is 14.4. The van der Waals surface area contributed by atoms with Gasteiger partial charge >= 0.3 is 0 Å². The molecule has 0 amide bonds. The van der Waals surface area contributed by atoms with Crippen molar-refractivity contribution in [2.24, 2.45) is 0 Å². The van der Waals surface area contributed by atoms with Crippen LogP contribution in [0, 0.1) is 0 Å². The topological polar surface area (TPSA) is 84.9 Å². The smallest absolute Gasteiger partial charge is 0.226 e. The van der Waals surface area contributed by atoms with Gasteiger partial charge in [0.25, 0.3) is 0 Å². The first kappa shape index (κ1) is 24.0. The van der Waals surface area contributed by atoms with Crippen molar-refractivity contribution in [3.8, 4) is 0 Å². The summed E-state index contributed by atoms with van der Waals surface area (Å²) >= 11 is 0. The maximum Gasteiger partial charge on any atom is 0.226 e. The number of Topliss-reactive ketones (excluding diaryl/α,β-unsaturated/α-hetero) is 1. The molecule has 128 valence electrons. The Morgan fingerprint density at radius 1 is 0.955 bits per heavy atom. The first-order chi connectivity index (χ1) is 9.99. The van der Waals surface area contributed by atoms with E-state index in [0.29, 0.717) is 32.5 Å². The second-order valence-corrected chi connectivity index (χ2v) is 4.75. The maximum absolute atomic E-state index is 12.6. The zero-order chi connectivity index (χ0) is 16.3. The van der Waals surface area contributed by atoms with Gasteiger partial charge in [0.2, 0.25) is 12.1 Å². The Bertz CT molecular complexity index is 315. The van der Waals surface area contributed by atoms with Gasteiger partial charge in [0.05, 0.1) is 5.97 Å². The third-order valence-corrected chi connectivity index (χ3v) is 2.94. The Labute approximate surface area is 147 Å². The SMILES string of the molecule is CCCOC(OCCC)C(=O)C(CC)(OCCC)C(=O)[O-].[Ti]. The summed E-state index contributed by atoms with van der Waals surface area (Å²) in [5.41, 5.74) is -2.01. The van der Waals surface area contributed by atoms with Crippen LogP contribution in [-0.4, -0.2) is 43.5 Å². The van der Waals surface area contributed by atoms with Crippen molar-refractivity contribution in [2.45, 2.75) is 65.3 Å². The van der Waals surface area contributed by atoms with Gasteiger partial charge < -0.3 is 24.1 Å².